The van der Waals surface area contributed by atoms with Crippen LogP contribution in [-0.4, -0.2) is 49.8 Å². The van der Waals surface area contributed by atoms with Gasteiger partial charge >= 0.3 is 13.5 Å². The third-order valence-electron chi connectivity index (χ3n) is 3.35. The maximum atomic E-state index is 11.9. The Labute approximate surface area is 135 Å². The Bertz CT molecular complexity index is 766. The van der Waals surface area contributed by atoms with Crippen molar-refractivity contribution in [2.45, 2.75) is 24.9 Å². The van der Waals surface area contributed by atoms with Gasteiger partial charge in [-0.3, -0.25) is 18.9 Å². The predicted molar refractivity (Wildman–Crippen MR) is 81.9 cm³/mol. The SMILES string of the molecule is NC/C=C/c1cn([C@H]2C[C@H](O)[C@@H](COP(=O)(O)O)O2)c(=O)[nH]c1=O. The summed E-state index contributed by atoms with van der Waals surface area (Å²) in [4.78, 5) is 43.1. The van der Waals surface area contributed by atoms with Crippen LogP contribution in [0, 0.1) is 0 Å². The lowest BCUT2D eigenvalue weighted by Gasteiger charge is -2.16. The van der Waals surface area contributed by atoms with Crippen LogP contribution in [0.25, 0.3) is 6.08 Å². The molecule has 0 unspecified atom stereocenters. The lowest BCUT2D eigenvalue weighted by molar-refractivity contribution is -0.0451. The van der Waals surface area contributed by atoms with Crippen molar-refractivity contribution in [3.05, 3.63) is 38.7 Å². The van der Waals surface area contributed by atoms with Crippen molar-refractivity contribution in [3.8, 4) is 0 Å². The molecule has 1 aliphatic heterocycles. The Balaban J connectivity index is 2.20. The Morgan fingerprint density at radius 1 is 1.50 bits per heavy atom. The number of hydrogen-bond donors (Lipinski definition) is 5. The minimum atomic E-state index is -4.70. The van der Waals surface area contributed by atoms with Gasteiger partial charge in [0.15, 0.2) is 0 Å². The molecule has 1 aromatic heterocycles. The number of phosphoric ester groups is 1. The van der Waals surface area contributed by atoms with Crippen LogP contribution in [0.3, 0.4) is 0 Å². The van der Waals surface area contributed by atoms with Crippen LogP contribution >= 0.6 is 7.82 Å². The molecule has 134 valence electrons. The molecule has 3 atom stereocenters. The zero-order valence-electron chi connectivity index (χ0n) is 12.4. The molecular formula is C12H18N3O8P. The number of aromatic amines is 1. The molecule has 1 fully saturated rings. The van der Waals surface area contributed by atoms with Crippen molar-refractivity contribution in [2.75, 3.05) is 13.2 Å². The number of ether oxygens (including phenoxy) is 1. The molecule has 2 rings (SSSR count). The number of nitrogens with two attached hydrogens (primary N) is 1. The van der Waals surface area contributed by atoms with Gasteiger partial charge in [-0.2, -0.15) is 0 Å². The van der Waals surface area contributed by atoms with E-state index in [1.807, 2.05) is 0 Å². The fourth-order valence-corrected chi connectivity index (χ4v) is 2.58. The number of phosphoric acid groups is 1. The molecule has 11 nitrogen and oxygen atoms in total. The summed E-state index contributed by atoms with van der Waals surface area (Å²) in [6.45, 7) is -0.334. The van der Waals surface area contributed by atoms with Gasteiger partial charge in [0.05, 0.1) is 18.3 Å². The van der Waals surface area contributed by atoms with E-state index < -0.39 is 44.1 Å². The Kier molecular flexibility index (Phi) is 5.88. The van der Waals surface area contributed by atoms with E-state index in [0.717, 1.165) is 4.57 Å². The molecule has 0 spiro atoms. The molecule has 0 radical (unpaired) electrons. The van der Waals surface area contributed by atoms with Gasteiger partial charge in [0.2, 0.25) is 0 Å². The van der Waals surface area contributed by atoms with Crippen molar-refractivity contribution in [1.29, 1.82) is 0 Å². The van der Waals surface area contributed by atoms with E-state index in [-0.39, 0.29) is 18.5 Å². The monoisotopic (exact) mass is 363 g/mol. The van der Waals surface area contributed by atoms with E-state index in [0.29, 0.717) is 0 Å². The second-order valence-electron chi connectivity index (χ2n) is 5.11. The Hall–Kier alpha value is -1.59. The number of nitrogens with zero attached hydrogens (tertiary/aromatic N) is 1. The topological polar surface area (TPSA) is 177 Å². The molecule has 1 saturated heterocycles. The summed E-state index contributed by atoms with van der Waals surface area (Å²) in [5.74, 6) is 0. The zero-order valence-corrected chi connectivity index (χ0v) is 13.3. The molecule has 0 bridgehead atoms. The summed E-state index contributed by atoms with van der Waals surface area (Å²) in [7, 11) is -4.70. The van der Waals surface area contributed by atoms with Gasteiger partial charge in [-0.15, -0.1) is 0 Å². The van der Waals surface area contributed by atoms with Crippen LogP contribution in [-0.2, 0) is 13.8 Å². The van der Waals surface area contributed by atoms with Crippen molar-refractivity contribution in [3.63, 3.8) is 0 Å². The maximum Gasteiger partial charge on any atom is 0.469 e. The molecule has 0 aliphatic carbocycles. The predicted octanol–water partition coefficient (Wildman–Crippen LogP) is -1.73. The van der Waals surface area contributed by atoms with Crippen LogP contribution < -0.4 is 17.0 Å². The second kappa shape index (κ2) is 7.53. The average Bonchev–Trinajstić information content (AvgIpc) is 2.84. The molecule has 0 saturated carbocycles. The van der Waals surface area contributed by atoms with Crippen molar-refractivity contribution >= 4 is 13.9 Å². The van der Waals surface area contributed by atoms with Crippen molar-refractivity contribution < 1.29 is 28.7 Å². The molecule has 24 heavy (non-hydrogen) atoms. The van der Waals surface area contributed by atoms with Crippen LogP contribution in [0.4, 0.5) is 0 Å². The van der Waals surface area contributed by atoms with Crippen LogP contribution in [0.1, 0.15) is 18.2 Å². The molecule has 6 N–H and O–H groups in total. The largest absolute Gasteiger partial charge is 0.469 e. The van der Waals surface area contributed by atoms with Gasteiger partial charge in [0.1, 0.15) is 12.3 Å². The van der Waals surface area contributed by atoms with E-state index in [9.17, 15) is 19.3 Å². The summed E-state index contributed by atoms with van der Waals surface area (Å²) >= 11 is 0. The Morgan fingerprint density at radius 3 is 2.83 bits per heavy atom. The summed E-state index contributed by atoms with van der Waals surface area (Å²) < 4.78 is 21.5. The number of H-pyrrole nitrogens is 1. The molecule has 2 heterocycles. The first-order valence-corrected chi connectivity index (χ1v) is 8.50. The summed E-state index contributed by atoms with van der Waals surface area (Å²) in [6, 6.07) is 0. The van der Waals surface area contributed by atoms with E-state index in [1.54, 1.807) is 0 Å². The molecule has 1 aliphatic rings. The van der Waals surface area contributed by atoms with E-state index in [1.165, 1.54) is 18.3 Å². The second-order valence-corrected chi connectivity index (χ2v) is 6.35. The van der Waals surface area contributed by atoms with Crippen LogP contribution in [0.5, 0.6) is 0 Å². The third kappa shape index (κ3) is 4.71. The van der Waals surface area contributed by atoms with Crippen LogP contribution in [0.15, 0.2) is 21.9 Å². The summed E-state index contributed by atoms with van der Waals surface area (Å²) in [5.41, 5.74) is 4.16. The first kappa shape index (κ1) is 18.7. The molecular weight excluding hydrogens is 345 g/mol. The van der Waals surface area contributed by atoms with Gasteiger partial charge < -0.3 is 25.4 Å². The van der Waals surface area contributed by atoms with E-state index in [4.69, 9.17) is 20.3 Å². The standard InChI is InChI=1S/C12H18N3O8P/c13-3-1-2-7-5-15(12(18)14-11(7)17)10-4-8(16)9(23-10)6-22-24(19,20)21/h1-2,5,8-10,16H,3-4,6,13H2,(H,14,17,18)(H2,19,20,21)/b2-1+/t8-,9+,10+/m0/s1. The highest BCUT2D eigenvalue weighted by Gasteiger charge is 2.37. The van der Waals surface area contributed by atoms with E-state index >= 15 is 0 Å². The highest BCUT2D eigenvalue weighted by atomic mass is 31.2. The number of rotatable bonds is 6. The molecule has 0 amide bonds. The lowest BCUT2D eigenvalue weighted by Crippen LogP contribution is -2.33. The van der Waals surface area contributed by atoms with E-state index in [2.05, 4.69) is 9.51 Å². The number of aliphatic hydroxyl groups is 1. The first-order valence-electron chi connectivity index (χ1n) is 6.97. The van der Waals surface area contributed by atoms with Gasteiger partial charge in [-0.25, -0.2) is 9.36 Å². The van der Waals surface area contributed by atoms with Gasteiger partial charge in [-0.1, -0.05) is 12.2 Å². The quantitative estimate of drug-likeness (QED) is 0.367. The first-order chi connectivity index (χ1) is 11.2. The highest BCUT2D eigenvalue weighted by molar-refractivity contribution is 7.46. The number of aliphatic hydroxyl groups excluding tert-OH is 1. The van der Waals surface area contributed by atoms with Gasteiger partial charge in [0.25, 0.3) is 5.56 Å². The normalized spacial score (nSPS) is 24.8. The lowest BCUT2D eigenvalue weighted by atomic mass is 10.2. The minimum Gasteiger partial charge on any atom is -0.390 e. The molecule has 1 aromatic rings. The molecule has 0 aromatic carbocycles. The minimum absolute atomic E-state index is 0.0127. The smallest absolute Gasteiger partial charge is 0.390 e. The Morgan fingerprint density at radius 2 is 2.21 bits per heavy atom. The van der Waals surface area contributed by atoms with Crippen molar-refractivity contribution in [2.24, 2.45) is 5.73 Å². The fraction of sp³-hybridized carbons (Fsp3) is 0.500. The average molecular weight is 363 g/mol. The zero-order chi connectivity index (χ0) is 17.9. The fourth-order valence-electron chi connectivity index (χ4n) is 2.24. The van der Waals surface area contributed by atoms with Gasteiger partial charge in [0, 0.05) is 19.2 Å². The summed E-state index contributed by atoms with van der Waals surface area (Å²) in [6.07, 6.45) is 1.18. The summed E-state index contributed by atoms with van der Waals surface area (Å²) in [5, 5.41) is 9.90. The number of hydrogen-bond acceptors (Lipinski definition) is 7. The maximum absolute atomic E-state index is 11.9. The van der Waals surface area contributed by atoms with Crippen LogP contribution in [0.2, 0.25) is 0 Å². The highest BCUT2D eigenvalue weighted by Crippen LogP contribution is 2.38. The van der Waals surface area contributed by atoms with Crippen molar-refractivity contribution in [1.82, 2.24) is 9.55 Å². The van der Waals surface area contributed by atoms with Gasteiger partial charge in [-0.05, 0) is 0 Å². The molecule has 12 heteroatoms. The third-order valence-corrected chi connectivity index (χ3v) is 3.84. The number of aromatic nitrogens is 2. The number of nitrogens with one attached hydrogen (secondary N) is 1.